The van der Waals surface area contributed by atoms with Crippen molar-refractivity contribution in [3.63, 3.8) is 0 Å². The average Bonchev–Trinajstić information content (AvgIpc) is 2.38. The third kappa shape index (κ3) is 3.30. The fourth-order valence-corrected chi connectivity index (χ4v) is 2.07. The lowest BCUT2D eigenvalue weighted by atomic mass is 10.00. The molecule has 19 heavy (non-hydrogen) atoms. The van der Waals surface area contributed by atoms with Gasteiger partial charge in [0.05, 0.1) is 6.10 Å². The number of hydrogen-bond acceptors (Lipinski definition) is 1. The van der Waals surface area contributed by atoms with Gasteiger partial charge in [0.15, 0.2) is 0 Å². The summed E-state index contributed by atoms with van der Waals surface area (Å²) in [5.41, 5.74) is 3.12. The summed E-state index contributed by atoms with van der Waals surface area (Å²) in [5, 5.41) is 9.32. The fraction of sp³-hybridized carbons (Fsp3) is 0.176. The zero-order valence-electron chi connectivity index (χ0n) is 11.1. The predicted octanol–water partition coefficient (Wildman–Crippen LogP) is 4.28. The minimum atomic E-state index is -0.531. The van der Waals surface area contributed by atoms with Crippen LogP contribution in [0.4, 0.5) is 4.39 Å². The molecule has 0 fully saturated rings. The van der Waals surface area contributed by atoms with Crippen LogP contribution in [0, 0.1) is 5.82 Å². The third-order valence-electron chi connectivity index (χ3n) is 3.00. The summed E-state index contributed by atoms with van der Waals surface area (Å²) < 4.78 is 14.1. The Morgan fingerprint density at radius 1 is 1.16 bits per heavy atom. The number of hydrogen-bond donors (Lipinski definition) is 1. The van der Waals surface area contributed by atoms with Gasteiger partial charge in [-0.25, -0.2) is 4.39 Å². The Bertz CT molecular complexity index is 585. The van der Waals surface area contributed by atoms with Gasteiger partial charge < -0.3 is 5.11 Å². The van der Waals surface area contributed by atoms with Crippen LogP contribution in [0.1, 0.15) is 19.4 Å². The molecule has 0 aliphatic carbocycles. The van der Waals surface area contributed by atoms with Gasteiger partial charge in [-0.05, 0) is 36.6 Å². The first-order valence-electron chi connectivity index (χ1n) is 6.30. The van der Waals surface area contributed by atoms with Crippen LogP contribution in [0.15, 0.2) is 54.6 Å². The van der Waals surface area contributed by atoms with Crippen molar-refractivity contribution in [2.45, 2.75) is 20.0 Å². The zero-order chi connectivity index (χ0) is 13.8. The Hall–Kier alpha value is -1.93. The van der Waals surface area contributed by atoms with Crippen molar-refractivity contribution in [3.05, 3.63) is 66.0 Å². The van der Waals surface area contributed by atoms with Gasteiger partial charge >= 0.3 is 0 Å². The summed E-state index contributed by atoms with van der Waals surface area (Å²) in [6, 6.07) is 14.6. The van der Waals surface area contributed by atoms with E-state index in [-0.39, 0.29) is 5.82 Å². The van der Waals surface area contributed by atoms with Gasteiger partial charge in [0, 0.05) is 5.56 Å². The van der Waals surface area contributed by atoms with Crippen molar-refractivity contribution in [2.75, 3.05) is 0 Å². The second-order valence-electron chi connectivity index (χ2n) is 4.65. The largest absolute Gasteiger partial charge is 0.389 e. The molecule has 1 N–H and O–H groups in total. The van der Waals surface area contributed by atoms with Crippen LogP contribution in [0.3, 0.4) is 0 Å². The van der Waals surface area contributed by atoms with Crippen LogP contribution in [-0.2, 0) is 0 Å². The van der Waals surface area contributed by atoms with Gasteiger partial charge in [0.2, 0.25) is 0 Å². The molecule has 2 rings (SSSR count). The molecule has 0 aliphatic heterocycles. The third-order valence-corrected chi connectivity index (χ3v) is 3.00. The number of rotatable bonds is 3. The van der Waals surface area contributed by atoms with Gasteiger partial charge in [-0.2, -0.15) is 0 Å². The summed E-state index contributed by atoms with van der Waals surface area (Å²) in [5.74, 6) is -0.248. The highest BCUT2D eigenvalue weighted by Gasteiger charge is 2.07. The second kappa shape index (κ2) is 5.81. The van der Waals surface area contributed by atoms with E-state index in [4.69, 9.17) is 0 Å². The molecule has 2 heteroatoms. The van der Waals surface area contributed by atoms with E-state index in [0.717, 1.165) is 16.7 Å². The SMILES string of the molecule is C/C(=C/C(C)O)c1ccc(-c2ccccc2)c(F)c1. The number of allylic oxidation sites excluding steroid dienone is 1. The molecule has 2 aromatic carbocycles. The van der Waals surface area contributed by atoms with Crippen LogP contribution in [0.25, 0.3) is 16.7 Å². The van der Waals surface area contributed by atoms with E-state index in [1.54, 1.807) is 19.1 Å². The van der Waals surface area contributed by atoms with E-state index in [2.05, 4.69) is 0 Å². The Morgan fingerprint density at radius 2 is 1.84 bits per heavy atom. The highest BCUT2D eigenvalue weighted by Crippen LogP contribution is 2.25. The van der Waals surface area contributed by atoms with E-state index in [1.165, 1.54) is 6.07 Å². The summed E-state index contributed by atoms with van der Waals surface area (Å²) in [6.45, 7) is 3.54. The van der Waals surface area contributed by atoms with Crippen molar-refractivity contribution in [3.8, 4) is 11.1 Å². The van der Waals surface area contributed by atoms with Crippen molar-refractivity contribution in [1.29, 1.82) is 0 Å². The van der Waals surface area contributed by atoms with Gasteiger partial charge in [-0.3, -0.25) is 0 Å². The Balaban J connectivity index is 2.38. The first-order chi connectivity index (χ1) is 9.08. The Morgan fingerprint density at radius 3 is 2.42 bits per heavy atom. The molecule has 0 saturated heterocycles. The number of halogens is 1. The van der Waals surface area contributed by atoms with Crippen molar-refractivity contribution >= 4 is 5.57 Å². The Labute approximate surface area is 113 Å². The van der Waals surface area contributed by atoms with Crippen LogP contribution in [0.5, 0.6) is 0 Å². The van der Waals surface area contributed by atoms with Crippen molar-refractivity contribution < 1.29 is 9.50 Å². The lowest BCUT2D eigenvalue weighted by Crippen LogP contribution is -1.95. The molecule has 1 atom stereocenters. The lowest BCUT2D eigenvalue weighted by Gasteiger charge is -2.08. The molecule has 0 bridgehead atoms. The van der Waals surface area contributed by atoms with E-state index in [1.807, 2.05) is 43.3 Å². The maximum atomic E-state index is 14.1. The standard InChI is InChI=1S/C17H17FO/c1-12(10-13(2)19)15-8-9-16(17(18)11-15)14-6-4-3-5-7-14/h3-11,13,19H,1-2H3/b12-10-. The van der Waals surface area contributed by atoms with E-state index >= 15 is 0 Å². The minimum absolute atomic E-state index is 0.248. The quantitative estimate of drug-likeness (QED) is 0.869. The highest BCUT2D eigenvalue weighted by atomic mass is 19.1. The predicted molar refractivity (Wildman–Crippen MR) is 77.2 cm³/mol. The fourth-order valence-electron chi connectivity index (χ4n) is 2.07. The van der Waals surface area contributed by atoms with Gasteiger partial charge in [0.1, 0.15) is 5.82 Å². The minimum Gasteiger partial charge on any atom is -0.389 e. The van der Waals surface area contributed by atoms with Crippen molar-refractivity contribution in [2.24, 2.45) is 0 Å². The molecule has 0 amide bonds. The van der Waals surface area contributed by atoms with Crippen LogP contribution in [0.2, 0.25) is 0 Å². The maximum Gasteiger partial charge on any atom is 0.131 e. The monoisotopic (exact) mass is 256 g/mol. The topological polar surface area (TPSA) is 20.2 Å². The van der Waals surface area contributed by atoms with Gasteiger partial charge in [-0.1, -0.05) is 48.5 Å². The smallest absolute Gasteiger partial charge is 0.131 e. The molecule has 0 spiro atoms. The van der Waals surface area contributed by atoms with E-state index in [0.29, 0.717) is 5.56 Å². The van der Waals surface area contributed by atoms with E-state index < -0.39 is 6.10 Å². The molecule has 1 unspecified atom stereocenters. The molecule has 1 nitrogen and oxygen atoms in total. The van der Waals surface area contributed by atoms with Crippen molar-refractivity contribution in [1.82, 2.24) is 0 Å². The number of aliphatic hydroxyl groups excluding tert-OH is 1. The number of benzene rings is 2. The first-order valence-corrected chi connectivity index (χ1v) is 6.30. The van der Waals surface area contributed by atoms with Crippen LogP contribution in [-0.4, -0.2) is 11.2 Å². The molecule has 2 aromatic rings. The van der Waals surface area contributed by atoms with Gasteiger partial charge in [0.25, 0.3) is 0 Å². The molecule has 98 valence electrons. The number of aliphatic hydroxyl groups is 1. The molecular weight excluding hydrogens is 239 g/mol. The molecule has 0 aromatic heterocycles. The molecule has 0 aliphatic rings. The maximum absolute atomic E-state index is 14.1. The zero-order valence-corrected chi connectivity index (χ0v) is 11.1. The van der Waals surface area contributed by atoms with Crippen LogP contribution < -0.4 is 0 Å². The summed E-state index contributed by atoms with van der Waals surface area (Å²) in [7, 11) is 0. The van der Waals surface area contributed by atoms with Gasteiger partial charge in [-0.15, -0.1) is 0 Å². The molecular formula is C17H17FO. The Kier molecular flexibility index (Phi) is 4.13. The van der Waals surface area contributed by atoms with Crippen LogP contribution >= 0.6 is 0 Å². The normalized spacial score (nSPS) is 13.4. The average molecular weight is 256 g/mol. The summed E-state index contributed by atoms with van der Waals surface area (Å²) >= 11 is 0. The summed E-state index contributed by atoms with van der Waals surface area (Å²) in [4.78, 5) is 0. The molecule has 0 radical (unpaired) electrons. The molecule has 0 heterocycles. The summed E-state index contributed by atoms with van der Waals surface area (Å²) in [6.07, 6.45) is 1.17. The lowest BCUT2D eigenvalue weighted by molar-refractivity contribution is 0.244. The highest BCUT2D eigenvalue weighted by molar-refractivity contribution is 5.70. The van der Waals surface area contributed by atoms with E-state index in [9.17, 15) is 9.50 Å². The first kappa shape index (κ1) is 13.5. The second-order valence-corrected chi connectivity index (χ2v) is 4.65. The molecule has 0 saturated carbocycles.